The first-order valence-electron chi connectivity index (χ1n) is 7.44. The fourth-order valence-electron chi connectivity index (χ4n) is 2.85. The summed E-state index contributed by atoms with van der Waals surface area (Å²) in [5, 5.41) is 7.76. The van der Waals surface area contributed by atoms with Crippen LogP contribution in [0.2, 0.25) is 10.0 Å². The van der Waals surface area contributed by atoms with Crippen LogP contribution in [0.15, 0.2) is 28.8 Å². The third-order valence-electron chi connectivity index (χ3n) is 3.83. The maximum absolute atomic E-state index is 12.6. The van der Waals surface area contributed by atoms with Crippen LogP contribution >= 0.6 is 23.2 Å². The van der Waals surface area contributed by atoms with Gasteiger partial charge in [0.1, 0.15) is 0 Å². The van der Waals surface area contributed by atoms with Crippen LogP contribution in [0.25, 0.3) is 0 Å². The maximum Gasteiger partial charge on any atom is 0.241 e. The number of halogens is 2. The first-order chi connectivity index (χ1) is 11.0. The zero-order chi connectivity index (χ0) is 16.4. The van der Waals surface area contributed by atoms with Gasteiger partial charge in [-0.2, -0.15) is 0 Å². The fraction of sp³-hybridized carbons (Fsp3) is 0.375. The highest BCUT2D eigenvalue weighted by molar-refractivity contribution is 6.35. The number of rotatable bonds is 4. The number of aromatic nitrogens is 1. The summed E-state index contributed by atoms with van der Waals surface area (Å²) in [6.07, 6.45) is 1.79. The molecule has 7 heteroatoms. The van der Waals surface area contributed by atoms with Crippen molar-refractivity contribution in [1.82, 2.24) is 10.1 Å². The molecule has 1 N–H and O–H groups in total. The van der Waals surface area contributed by atoms with E-state index < -0.39 is 0 Å². The first-order valence-corrected chi connectivity index (χ1v) is 8.20. The summed E-state index contributed by atoms with van der Waals surface area (Å²) in [6.45, 7) is 3.31. The molecule has 0 unspecified atom stereocenters. The van der Waals surface area contributed by atoms with Gasteiger partial charge in [0, 0.05) is 21.8 Å². The fourth-order valence-corrected chi connectivity index (χ4v) is 3.38. The van der Waals surface area contributed by atoms with Gasteiger partial charge in [-0.25, -0.2) is 0 Å². The minimum atomic E-state index is -0.196. The molecule has 23 heavy (non-hydrogen) atoms. The first kappa shape index (κ1) is 16.3. The summed E-state index contributed by atoms with van der Waals surface area (Å²) in [4.78, 5) is 14.7. The number of aryl methyl sites for hydroxylation is 1. The number of carbonyl (C=O) groups is 1. The molecule has 0 spiro atoms. The highest BCUT2D eigenvalue weighted by Crippen LogP contribution is 2.25. The van der Waals surface area contributed by atoms with E-state index in [1.165, 1.54) is 0 Å². The van der Waals surface area contributed by atoms with E-state index in [-0.39, 0.29) is 11.9 Å². The number of nitrogens with zero attached hydrogens (tertiary/aromatic N) is 2. The summed E-state index contributed by atoms with van der Waals surface area (Å²) < 4.78 is 5.25. The van der Waals surface area contributed by atoms with Gasteiger partial charge in [-0.1, -0.05) is 28.4 Å². The molecular formula is C16H17Cl2N3O2. The van der Waals surface area contributed by atoms with Crippen molar-refractivity contribution in [1.29, 1.82) is 0 Å². The van der Waals surface area contributed by atoms with E-state index in [1.54, 1.807) is 18.2 Å². The van der Waals surface area contributed by atoms with Gasteiger partial charge < -0.3 is 9.84 Å². The maximum atomic E-state index is 12.6. The third kappa shape index (κ3) is 4.05. The largest absolute Gasteiger partial charge is 0.360 e. The zero-order valence-corrected chi connectivity index (χ0v) is 14.2. The summed E-state index contributed by atoms with van der Waals surface area (Å²) in [5.74, 6) is 0.713. The van der Waals surface area contributed by atoms with Crippen LogP contribution in [0.5, 0.6) is 0 Å². The Hall–Kier alpha value is -1.56. The number of carbonyl (C=O) groups excluding carboxylic acids is 1. The standard InChI is InChI=1S/C16H17Cl2N3O2/c1-10-5-14(23-20-10)9-21-4-2-3-15(21)16(22)19-13-7-11(17)6-12(18)8-13/h5-8,15H,2-4,9H2,1H3,(H,19,22)/t15-/m0/s1. The van der Waals surface area contributed by atoms with E-state index in [4.69, 9.17) is 27.7 Å². The topological polar surface area (TPSA) is 58.4 Å². The van der Waals surface area contributed by atoms with Gasteiger partial charge in [0.05, 0.1) is 18.3 Å². The molecule has 122 valence electrons. The molecule has 2 aromatic rings. The molecule has 1 aliphatic rings. The number of anilines is 1. The molecule has 1 aliphatic heterocycles. The Morgan fingerprint density at radius 3 is 2.74 bits per heavy atom. The average Bonchev–Trinajstić information content (AvgIpc) is 3.07. The van der Waals surface area contributed by atoms with Crippen molar-refractivity contribution >= 4 is 34.8 Å². The Labute approximate surface area is 144 Å². The van der Waals surface area contributed by atoms with Crippen molar-refractivity contribution < 1.29 is 9.32 Å². The molecule has 1 aromatic heterocycles. The second kappa shape index (κ2) is 6.91. The predicted molar refractivity (Wildman–Crippen MR) is 89.8 cm³/mol. The second-order valence-corrected chi connectivity index (χ2v) is 6.58. The number of likely N-dealkylation sites (tertiary alicyclic amines) is 1. The van der Waals surface area contributed by atoms with Crippen molar-refractivity contribution in [3.8, 4) is 0 Å². The monoisotopic (exact) mass is 353 g/mol. The molecule has 0 radical (unpaired) electrons. The van der Waals surface area contributed by atoms with Crippen molar-refractivity contribution in [2.24, 2.45) is 0 Å². The number of benzene rings is 1. The SMILES string of the molecule is Cc1cc(CN2CCC[C@H]2C(=O)Nc2cc(Cl)cc(Cl)c2)on1. The third-order valence-corrected chi connectivity index (χ3v) is 4.27. The molecule has 3 rings (SSSR count). The molecule has 1 saturated heterocycles. The van der Waals surface area contributed by atoms with Crippen molar-refractivity contribution in [3.05, 3.63) is 45.8 Å². The van der Waals surface area contributed by atoms with E-state index >= 15 is 0 Å². The molecule has 0 aliphatic carbocycles. The summed E-state index contributed by atoms with van der Waals surface area (Å²) >= 11 is 11.9. The molecule has 0 bridgehead atoms. The van der Waals surface area contributed by atoms with Crippen molar-refractivity contribution in [2.45, 2.75) is 32.4 Å². The lowest BCUT2D eigenvalue weighted by atomic mass is 10.2. The van der Waals surface area contributed by atoms with Gasteiger partial charge in [-0.3, -0.25) is 9.69 Å². The number of nitrogens with one attached hydrogen (secondary N) is 1. The second-order valence-electron chi connectivity index (χ2n) is 5.71. The number of hydrogen-bond acceptors (Lipinski definition) is 4. The normalized spacial score (nSPS) is 18.3. The van der Waals surface area contributed by atoms with E-state index in [2.05, 4.69) is 15.4 Å². The van der Waals surface area contributed by atoms with Crippen molar-refractivity contribution in [3.63, 3.8) is 0 Å². The summed E-state index contributed by atoms with van der Waals surface area (Å²) in [6, 6.07) is 6.70. The molecule has 1 amide bonds. The van der Waals surface area contributed by atoms with Gasteiger partial charge in [0.2, 0.25) is 5.91 Å². The molecule has 0 saturated carbocycles. The Kier molecular flexibility index (Phi) is 4.90. The number of amides is 1. The molecule has 5 nitrogen and oxygen atoms in total. The highest BCUT2D eigenvalue weighted by atomic mass is 35.5. The smallest absolute Gasteiger partial charge is 0.241 e. The highest BCUT2D eigenvalue weighted by Gasteiger charge is 2.31. The quantitative estimate of drug-likeness (QED) is 0.905. The van der Waals surface area contributed by atoms with Gasteiger partial charge in [0.25, 0.3) is 0 Å². The van der Waals surface area contributed by atoms with E-state index in [1.807, 2.05) is 13.0 Å². The van der Waals surface area contributed by atoms with Crippen LogP contribution in [0, 0.1) is 6.92 Å². The molecule has 2 heterocycles. The lowest BCUT2D eigenvalue weighted by molar-refractivity contribution is -0.120. The minimum absolute atomic E-state index is 0.0583. The van der Waals surface area contributed by atoms with Crippen LogP contribution in [0.4, 0.5) is 5.69 Å². The van der Waals surface area contributed by atoms with Gasteiger partial charge in [-0.15, -0.1) is 0 Å². The number of hydrogen-bond donors (Lipinski definition) is 1. The molecule has 1 atom stereocenters. The van der Waals surface area contributed by atoms with Gasteiger partial charge in [0.15, 0.2) is 5.76 Å². The Bertz CT molecular complexity index is 697. The van der Waals surface area contributed by atoms with E-state index in [9.17, 15) is 4.79 Å². The van der Waals surface area contributed by atoms with Gasteiger partial charge in [-0.05, 0) is 44.5 Å². The Morgan fingerprint density at radius 1 is 1.35 bits per heavy atom. The Balaban J connectivity index is 1.67. The van der Waals surface area contributed by atoms with Crippen LogP contribution in [-0.2, 0) is 11.3 Å². The van der Waals surface area contributed by atoms with Gasteiger partial charge >= 0.3 is 0 Å². The lowest BCUT2D eigenvalue weighted by Crippen LogP contribution is -2.39. The predicted octanol–water partition coefficient (Wildman–Crippen LogP) is 3.89. The summed E-state index contributed by atoms with van der Waals surface area (Å²) in [5.41, 5.74) is 1.45. The van der Waals surface area contributed by atoms with Crippen LogP contribution in [0.1, 0.15) is 24.3 Å². The van der Waals surface area contributed by atoms with Crippen molar-refractivity contribution in [2.75, 3.05) is 11.9 Å². The minimum Gasteiger partial charge on any atom is -0.360 e. The van der Waals surface area contributed by atoms with Crippen LogP contribution in [-0.4, -0.2) is 28.6 Å². The van der Waals surface area contributed by atoms with E-state index in [0.717, 1.165) is 30.8 Å². The average molecular weight is 354 g/mol. The summed E-state index contributed by atoms with van der Waals surface area (Å²) in [7, 11) is 0. The van der Waals surface area contributed by atoms with Crippen LogP contribution < -0.4 is 5.32 Å². The Morgan fingerprint density at radius 2 is 2.09 bits per heavy atom. The van der Waals surface area contributed by atoms with E-state index in [0.29, 0.717) is 22.3 Å². The lowest BCUT2D eigenvalue weighted by Gasteiger charge is -2.22. The molecule has 1 aromatic carbocycles. The molecular weight excluding hydrogens is 337 g/mol. The zero-order valence-electron chi connectivity index (χ0n) is 12.7. The van der Waals surface area contributed by atoms with Crippen LogP contribution in [0.3, 0.4) is 0 Å². The molecule has 1 fully saturated rings.